The molecule has 2 heteroatoms. The summed E-state index contributed by atoms with van der Waals surface area (Å²) in [5.74, 6) is 0. The molecule has 1 rings (SSSR count). The first kappa shape index (κ1) is 10.0. The molecule has 1 saturated heterocycles. The van der Waals surface area contributed by atoms with Gasteiger partial charge in [0.2, 0.25) is 0 Å². The smallest absolute Gasteiger partial charge is 0.102 e. The van der Waals surface area contributed by atoms with E-state index in [-0.39, 0.29) is 0 Å². The van der Waals surface area contributed by atoms with E-state index < -0.39 is 0 Å². The second-order valence-electron chi connectivity index (χ2n) is 4.28. The van der Waals surface area contributed by atoms with Gasteiger partial charge in [-0.15, -0.1) is 0 Å². The van der Waals surface area contributed by atoms with Gasteiger partial charge in [0.05, 0.1) is 26.7 Å². The molecule has 0 atom stereocenters. The lowest BCUT2D eigenvalue weighted by Gasteiger charge is -2.35. The lowest BCUT2D eigenvalue weighted by atomic mass is 10.1. The molecule has 0 unspecified atom stereocenters. The molecule has 1 aliphatic heterocycles. The summed E-state index contributed by atoms with van der Waals surface area (Å²) in [5, 5.41) is 8.93. The standard InChI is InChI=1S/C10H22NO/c1-11(9-10-12)7-5-3-2-4-6-8-11/h12H,2-10H2,1H3/q+1. The fourth-order valence-corrected chi connectivity index (χ4v) is 2.09. The predicted molar refractivity (Wildman–Crippen MR) is 51.0 cm³/mol. The van der Waals surface area contributed by atoms with Gasteiger partial charge in [0.15, 0.2) is 0 Å². The summed E-state index contributed by atoms with van der Waals surface area (Å²) in [5.41, 5.74) is 0. The largest absolute Gasteiger partial charge is 0.391 e. The van der Waals surface area contributed by atoms with E-state index >= 15 is 0 Å². The average Bonchev–Trinajstić information content (AvgIpc) is 1.99. The maximum absolute atomic E-state index is 8.93. The monoisotopic (exact) mass is 172 g/mol. The molecular weight excluding hydrogens is 150 g/mol. The average molecular weight is 172 g/mol. The Morgan fingerprint density at radius 2 is 1.50 bits per heavy atom. The van der Waals surface area contributed by atoms with Gasteiger partial charge in [-0.25, -0.2) is 0 Å². The number of hydrogen-bond acceptors (Lipinski definition) is 1. The van der Waals surface area contributed by atoms with Crippen molar-refractivity contribution in [3.8, 4) is 0 Å². The Balaban J connectivity index is 2.36. The molecule has 1 fully saturated rings. The molecule has 0 aromatic rings. The molecule has 12 heavy (non-hydrogen) atoms. The molecule has 1 N–H and O–H groups in total. The minimum atomic E-state index is 0.344. The minimum absolute atomic E-state index is 0.344. The number of aliphatic hydroxyl groups is 1. The van der Waals surface area contributed by atoms with Crippen molar-refractivity contribution in [2.45, 2.75) is 32.1 Å². The summed E-state index contributed by atoms with van der Waals surface area (Å²) in [4.78, 5) is 0. The van der Waals surface area contributed by atoms with Crippen molar-refractivity contribution < 1.29 is 9.59 Å². The Kier molecular flexibility index (Phi) is 4.02. The van der Waals surface area contributed by atoms with Gasteiger partial charge in [-0.1, -0.05) is 6.42 Å². The molecule has 0 aliphatic carbocycles. The van der Waals surface area contributed by atoms with Crippen molar-refractivity contribution in [1.29, 1.82) is 0 Å². The first-order valence-electron chi connectivity index (χ1n) is 5.21. The normalized spacial score (nSPS) is 24.5. The third-order valence-corrected chi connectivity index (χ3v) is 3.04. The number of quaternary nitrogens is 1. The van der Waals surface area contributed by atoms with Crippen LogP contribution >= 0.6 is 0 Å². The molecule has 1 heterocycles. The van der Waals surface area contributed by atoms with Gasteiger partial charge in [-0.2, -0.15) is 0 Å². The van der Waals surface area contributed by atoms with Crippen LogP contribution in [0.2, 0.25) is 0 Å². The summed E-state index contributed by atoms with van der Waals surface area (Å²) in [6.07, 6.45) is 6.88. The van der Waals surface area contributed by atoms with Crippen LogP contribution in [-0.4, -0.2) is 42.9 Å². The Bertz CT molecular complexity index is 117. The first-order chi connectivity index (χ1) is 5.77. The molecule has 0 spiro atoms. The molecule has 0 aromatic heterocycles. The van der Waals surface area contributed by atoms with E-state index in [0.29, 0.717) is 6.61 Å². The second kappa shape index (κ2) is 4.83. The summed E-state index contributed by atoms with van der Waals surface area (Å²) in [6.45, 7) is 3.82. The molecule has 72 valence electrons. The molecule has 0 radical (unpaired) electrons. The van der Waals surface area contributed by atoms with Crippen LogP contribution in [-0.2, 0) is 0 Å². The molecular formula is C10H22NO+. The van der Waals surface area contributed by atoms with Gasteiger partial charge in [0.25, 0.3) is 0 Å². The first-order valence-corrected chi connectivity index (χ1v) is 5.21. The SMILES string of the molecule is C[N+]1(CCO)CCCCCCC1. The fourth-order valence-electron chi connectivity index (χ4n) is 2.09. The molecule has 0 aromatic carbocycles. The zero-order valence-corrected chi connectivity index (χ0v) is 8.26. The zero-order chi connectivity index (χ0) is 8.86. The topological polar surface area (TPSA) is 20.2 Å². The molecule has 2 nitrogen and oxygen atoms in total. The fraction of sp³-hybridized carbons (Fsp3) is 1.00. The second-order valence-corrected chi connectivity index (χ2v) is 4.28. The molecule has 1 aliphatic rings. The van der Waals surface area contributed by atoms with E-state index in [0.717, 1.165) is 11.0 Å². The van der Waals surface area contributed by atoms with E-state index in [2.05, 4.69) is 7.05 Å². The van der Waals surface area contributed by atoms with Crippen LogP contribution in [0.1, 0.15) is 32.1 Å². The summed E-state index contributed by atoms with van der Waals surface area (Å²) < 4.78 is 1.09. The van der Waals surface area contributed by atoms with Crippen LogP contribution in [0.15, 0.2) is 0 Å². The maximum atomic E-state index is 8.93. The van der Waals surface area contributed by atoms with E-state index in [1.165, 1.54) is 45.2 Å². The van der Waals surface area contributed by atoms with Crippen molar-refractivity contribution in [3.63, 3.8) is 0 Å². The van der Waals surface area contributed by atoms with Crippen LogP contribution in [0.5, 0.6) is 0 Å². The van der Waals surface area contributed by atoms with E-state index in [9.17, 15) is 0 Å². The summed E-state index contributed by atoms with van der Waals surface area (Å²) in [7, 11) is 2.28. The van der Waals surface area contributed by atoms with Crippen molar-refractivity contribution >= 4 is 0 Å². The van der Waals surface area contributed by atoms with Gasteiger partial charge < -0.3 is 9.59 Å². The third kappa shape index (κ3) is 3.11. The Morgan fingerprint density at radius 1 is 1.00 bits per heavy atom. The Hall–Kier alpha value is -0.0800. The van der Waals surface area contributed by atoms with E-state index in [4.69, 9.17) is 5.11 Å². The van der Waals surface area contributed by atoms with Gasteiger partial charge in [0, 0.05) is 0 Å². The van der Waals surface area contributed by atoms with Crippen LogP contribution in [0.4, 0.5) is 0 Å². The minimum Gasteiger partial charge on any atom is -0.391 e. The highest BCUT2D eigenvalue weighted by Crippen LogP contribution is 2.15. The maximum Gasteiger partial charge on any atom is 0.102 e. The molecule has 0 bridgehead atoms. The van der Waals surface area contributed by atoms with E-state index in [1.807, 2.05) is 0 Å². The van der Waals surface area contributed by atoms with Crippen LogP contribution in [0, 0.1) is 0 Å². The molecule has 0 saturated carbocycles. The number of hydrogen-bond donors (Lipinski definition) is 1. The number of rotatable bonds is 2. The lowest BCUT2D eigenvalue weighted by molar-refractivity contribution is -0.910. The Morgan fingerprint density at radius 3 is 2.00 bits per heavy atom. The zero-order valence-electron chi connectivity index (χ0n) is 8.26. The summed E-state index contributed by atoms with van der Waals surface area (Å²) in [6, 6.07) is 0. The van der Waals surface area contributed by atoms with Crippen molar-refractivity contribution in [2.24, 2.45) is 0 Å². The highest BCUT2D eigenvalue weighted by Gasteiger charge is 2.20. The quantitative estimate of drug-likeness (QED) is 0.624. The van der Waals surface area contributed by atoms with Gasteiger partial charge in [-0.05, 0) is 25.7 Å². The van der Waals surface area contributed by atoms with Crippen molar-refractivity contribution in [3.05, 3.63) is 0 Å². The van der Waals surface area contributed by atoms with Gasteiger partial charge in [0.1, 0.15) is 6.54 Å². The number of likely N-dealkylation sites (N-methyl/N-ethyl adjacent to an activating group) is 1. The number of nitrogens with zero attached hydrogens (tertiary/aromatic N) is 1. The third-order valence-electron chi connectivity index (χ3n) is 3.04. The molecule has 0 amide bonds. The van der Waals surface area contributed by atoms with Crippen molar-refractivity contribution in [2.75, 3.05) is 33.3 Å². The van der Waals surface area contributed by atoms with Crippen molar-refractivity contribution in [1.82, 2.24) is 0 Å². The highest BCUT2D eigenvalue weighted by molar-refractivity contribution is 4.51. The highest BCUT2D eigenvalue weighted by atomic mass is 16.3. The summed E-state index contributed by atoms with van der Waals surface area (Å²) >= 11 is 0. The van der Waals surface area contributed by atoms with Crippen LogP contribution in [0.3, 0.4) is 0 Å². The number of likely N-dealkylation sites (tertiary alicyclic amines) is 1. The van der Waals surface area contributed by atoms with Crippen LogP contribution in [0.25, 0.3) is 0 Å². The van der Waals surface area contributed by atoms with Crippen LogP contribution < -0.4 is 0 Å². The van der Waals surface area contributed by atoms with Gasteiger partial charge >= 0.3 is 0 Å². The Labute approximate surface area is 75.8 Å². The van der Waals surface area contributed by atoms with E-state index in [1.54, 1.807) is 0 Å². The predicted octanol–water partition coefficient (Wildman–Crippen LogP) is 1.39. The lowest BCUT2D eigenvalue weighted by Crippen LogP contribution is -2.47. The number of aliphatic hydroxyl groups excluding tert-OH is 1. The van der Waals surface area contributed by atoms with Gasteiger partial charge in [-0.3, -0.25) is 0 Å².